The Morgan fingerprint density at radius 3 is 2.40 bits per heavy atom. The van der Waals surface area contributed by atoms with Crippen LogP contribution in [0.5, 0.6) is 11.5 Å². The van der Waals surface area contributed by atoms with Crippen LogP contribution in [0.1, 0.15) is 17.1 Å². The van der Waals surface area contributed by atoms with E-state index in [1.54, 1.807) is 37.2 Å². The molecule has 2 aromatic carbocycles. The van der Waals surface area contributed by atoms with Gasteiger partial charge in [0.05, 0.1) is 57.1 Å². The van der Waals surface area contributed by atoms with Gasteiger partial charge in [-0.2, -0.15) is 0 Å². The predicted octanol–water partition coefficient (Wildman–Crippen LogP) is 3.26. The van der Waals surface area contributed by atoms with E-state index in [0.29, 0.717) is 59.6 Å². The van der Waals surface area contributed by atoms with E-state index in [1.807, 2.05) is 31.2 Å². The highest BCUT2D eigenvalue weighted by Gasteiger charge is 2.20. The van der Waals surface area contributed by atoms with Crippen LogP contribution in [-0.4, -0.2) is 60.0 Å². The van der Waals surface area contributed by atoms with Crippen molar-refractivity contribution >= 4 is 10.9 Å². The highest BCUT2D eigenvalue weighted by atomic mass is 16.5. The smallest absolute Gasteiger partial charge is 0.261 e. The van der Waals surface area contributed by atoms with Crippen LogP contribution in [0.15, 0.2) is 51.9 Å². The normalized spacial score (nSPS) is 14.4. The van der Waals surface area contributed by atoms with Gasteiger partial charge in [0.15, 0.2) is 11.5 Å². The minimum Gasteiger partial charge on any atom is -0.493 e. The monoisotopic (exact) mass is 476 g/mol. The summed E-state index contributed by atoms with van der Waals surface area (Å²) in [6, 6.07) is 11.4. The average Bonchev–Trinajstić information content (AvgIpc) is 3.35. The minimum absolute atomic E-state index is 0.168. The Kier molecular flexibility index (Phi) is 6.52. The summed E-state index contributed by atoms with van der Waals surface area (Å²) in [4.78, 5) is 25.4. The van der Waals surface area contributed by atoms with Crippen LogP contribution in [0.4, 0.5) is 0 Å². The third-order valence-corrected chi connectivity index (χ3v) is 6.18. The van der Waals surface area contributed by atoms with Crippen molar-refractivity contribution in [3.05, 3.63) is 70.1 Å². The summed E-state index contributed by atoms with van der Waals surface area (Å²) < 4.78 is 23.7. The Morgan fingerprint density at radius 1 is 0.971 bits per heavy atom. The van der Waals surface area contributed by atoms with Crippen LogP contribution in [0.2, 0.25) is 0 Å². The first-order valence-corrected chi connectivity index (χ1v) is 11.5. The number of hydrogen-bond donors (Lipinski definition) is 0. The van der Waals surface area contributed by atoms with Crippen molar-refractivity contribution in [2.45, 2.75) is 20.0 Å². The van der Waals surface area contributed by atoms with Crippen molar-refractivity contribution in [1.29, 1.82) is 0 Å². The summed E-state index contributed by atoms with van der Waals surface area (Å²) in [5.74, 6) is 2.18. The number of methoxy groups -OCH3 is 2. The fourth-order valence-electron chi connectivity index (χ4n) is 4.21. The van der Waals surface area contributed by atoms with E-state index >= 15 is 0 Å². The van der Waals surface area contributed by atoms with Gasteiger partial charge in [0.1, 0.15) is 12.1 Å². The fourth-order valence-corrected chi connectivity index (χ4v) is 4.21. The maximum absolute atomic E-state index is 13.7. The van der Waals surface area contributed by atoms with Gasteiger partial charge in [0, 0.05) is 24.7 Å². The van der Waals surface area contributed by atoms with Gasteiger partial charge in [-0.1, -0.05) is 17.7 Å². The quantitative estimate of drug-likeness (QED) is 0.401. The zero-order chi connectivity index (χ0) is 24.4. The van der Waals surface area contributed by atoms with E-state index in [4.69, 9.17) is 23.6 Å². The molecule has 0 atom stereocenters. The molecule has 1 saturated heterocycles. The molecule has 9 heteroatoms. The predicted molar refractivity (Wildman–Crippen MR) is 131 cm³/mol. The molecule has 4 aromatic rings. The molecule has 0 saturated carbocycles. The summed E-state index contributed by atoms with van der Waals surface area (Å²) in [6.07, 6.45) is 1.60. The molecule has 9 nitrogen and oxygen atoms in total. The molecular weight excluding hydrogens is 448 g/mol. The van der Waals surface area contributed by atoms with Gasteiger partial charge in [-0.3, -0.25) is 14.3 Å². The first-order valence-electron chi connectivity index (χ1n) is 11.5. The number of rotatable bonds is 7. The molecule has 0 radical (unpaired) electrons. The van der Waals surface area contributed by atoms with Gasteiger partial charge in [-0.15, -0.1) is 0 Å². The first kappa shape index (κ1) is 23.1. The fraction of sp³-hybridized carbons (Fsp3) is 0.346. The largest absolute Gasteiger partial charge is 0.493 e. The second kappa shape index (κ2) is 9.89. The van der Waals surface area contributed by atoms with E-state index in [1.165, 1.54) is 0 Å². The van der Waals surface area contributed by atoms with Crippen molar-refractivity contribution in [3.63, 3.8) is 0 Å². The molecule has 0 unspecified atom stereocenters. The molecule has 5 rings (SSSR count). The molecule has 0 spiro atoms. The second-order valence-electron chi connectivity index (χ2n) is 8.54. The molecule has 0 aliphatic carbocycles. The van der Waals surface area contributed by atoms with Gasteiger partial charge < -0.3 is 18.6 Å². The lowest BCUT2D eigenvalue weighted by Crippen LogP contribution is -2.38. The second-order valence-corrected chi connectivity index (χ2v) is 8.54. The van der Waals surface area contributed by atoms with Crippen molar-refractivity contribution in [2.24, 2.45) is 0 Å². The number of fused-ring (bicyclic) bond motifs is 1. The van der Waals surface area contributed by atoms with E-state index < -0.39 is 0 Å². The summed E-state index contributed by atoms with van der Waals surface area (Å²) in [6.45, 7) is 5.67. The number of morpholine rings is 1. The Hall–Kier alpha value is -3.69. The van der Waals surface area contributed by atoms with Crippen molar-refractivity contribution in [3.8, 4) is 23.0 Å². The third kappa shape index (κ3) is 4.78. The van der Waals surface area contributed by atoms with Gasteiger partial charge in [-0.05, 0) is 25.1 Å². The van der Waals surface area contributed by atoms with Crippen LogP contribution >= 0.6 is 0 Å². The molecule has 1 fully saturated rings. The molecule has 0 amide bonds. The maximum atomic E-state index is 13.7. The number of oxazole rings is 1. The van der Waals surface area contributed by atoms with E-state index in [-0.39, 0.29) is 12.1 Å². The van der Waals surface area contributed by atoms with Crippen molar-refractivity contribution < 1.29 is 18.6 Å². The van der Waals surface area contributed by atoms with Crippen LogP contribution in [-0.2, 0) is 17.8 Å². The lowest BCUT2D eigenvalue weighted by atomic mass is 10.1. The van der Waals surface area contributed by atoms with E-state index in [2.05, 4.69) is 9.88 Å². The van der Waals surface area contributed by atoms with Gasteiger partial charge in [0.25, 0.3) is 5.56 Å². The summed E-state index contributed by atoms with van der Waals surface area (Å²) in [5, 5.41) is 0.454. The Labute approximate surface area is 202 Å². The molecule has 2 aromatic heterocycles. The minimum atomic E-state index is -0.168. The molecule has 0 N–H and O–H groups in total. The SMILES string of the molecule is COc1cc2nc(CN3CCOCC3)n(Cc3coc(-c4ccc(C)cc4)n3)c(=O)c2cc1OC. The first-order chi connectivity index (χ1) is 17.1. The summed E-state index contributed by atoms with van der Waals surface area (Å²) in [7, 11) is 3.11. The molecule has 35 heavy (non-hydrogen) atoms. The number of aryl methyl sites for hydroxylation is 1. The Morgan fingerprint density at radius 2 is 1.69 bits per heavy atom. The van der Waals surface area contributed by atoms with Gasteiger partial charge in [-0.25, -0.2) is 9.97 Å². The van der Waals surface area contributed by atoms with Crippen LogP contribution in [0, 0.1) is 6.92 Å². The Bertz CT molecular complexity index is 1390. The zero-order valence-electron chi connectivity index (χ0n) is 20.1. The molecule has 1 aliphatic rings. The highest BCUT2D eigenvalue weighted by molar-refractivity contribution is 5.82. The van der Waals surface area contributed by atoms with E-state index in [9.17, 15) is 4.79 Å². The third-order valence-electron chi connectivity index (χ3n) is 6.18. The summed E-state index contributed by atoms with van der Waals surface area (Å²) >= 11 is 0. The van der Waals surface area contributed by atoms with Crippen molar-refractivity contribution in [2.75, 3.05) is 40.5 Å². The number of hydrogen-bond acceptors (Lipinski definition) is 8. The van der Waals surface area contributed by atoms with Crippen molar-refractivity contribution in [1.82, 2.24) is 19.4 Å². The topological polar surface area (TPSA) is 91.9 Å². The maximum Gasteiger partial charge on any atom is 0.261 e. The lowest BCUT2D eigenvalue weighted by molar-refractivity contribution is 0.0325. The number of aromatic nitrogens is 3. The molecular formula is C26H28N4O5. The van der Waals surface area contributed by atoms with Gasteiger partial charge >= 0.3 is 0 Å². The highest BCUT2D eigenvalue weighted by Crippen LogP contribution is 2.30. The van der Waals surface area contributed by atoms with Crippen LogP contribution in [0.3, 0.4) is 0 Å². The van der Waals surface area contributed by atoms with E-state index in [0.717, 1.165) is 24.2 Å². The average molecular weight is 477 g/mol. The number of ether oxygens (including phenoxy) is 3. The molecule has 0 bridgehead atoms. The summed E-state index contributed by atoms with van der Waals surface area (Å²) in [5.41, 5.74) is 3.09. The number of nitrogens with zero attached hydrogens (tertiary/aromatic N) is 4. The number of benzene rings is 2. The molecule has 3 heterocycles. The van der Waals surface area contributed by atoms with Crippen LogP contribution < -0.4 is 15.0 Å². The molecule has 1 aliphatic heterocycles. The zero-order valence-corrected chi connectivity index (χ0v) is 20.1. The van der Waals surface area contributed by atoms with Crippen LogP contribution in [0.25, 0.3) is 22.4 Å². The Balaban J connectivity index is 1.56. The molecule has 182 valence electrons. The van der Waals surface area contributed by atoms with Gasteiger partial charge in [0.2, 0.25) is 5.89 Å². The standard InChI is InChI=1S/C26H28N4O5/c1-17-4-6-18(7-5-17)25-27-19(16-35-25)14-30-24(15-29-8-10-34-11-9-29)28-21-13-23(33-3)22(32-2)12-20(21)26(30)31/h4-7,12-13,16H,8-11,14-15H2,1-3H3. The lowest BCUT2D eigenvalue weighted by Gasteiger charge is -2.27.